The molecule has 0 N–H and O–H groups in total. The Hall–Kier alpha value is -1.90. The molecule has 0 aliphatic rings. The Balaban J connectivity index is 1.95. The van der Waals surface area contributed by atoms with Crippen LogP contribution in [0.2, 0.25) is 0 Å². The zero-order valence-electron chi connectivity index (χ0n) is 9.26. The van der Waals surface area contributed by atoms with E-state index in [1.54, 1.807) is 18.7 Å². The van der Waals surface area contributed by atoms with Gasteiger partial charge in [0.15, 0.2) is 0 Å². The number of hydrogen-bond acceptors (Lipinski definition) is 2. The smallest absolute Gasteiger partial charge is 0.232 e. The molecule has 0 saturated heterocycles. The number of nitrogens with zero attached hydrogens (tertiary/aromatic N) is 2. The highest BCUT2D eigenvalue weighted by molar-refractivity contribution is 5.78. The number of hydrogen-bond donors (Lipinski definition) is 0. The number of benzene rings is 1. The molecule has 0 fully saturated rings. The first-order valence-corrected chi connectivity index (χ1v) is 5.32. The fraction of sp³-hybridized carbons (Fsp3) is 0.231. The Kier molecular flexibility index (Phi) is 3.15. The van der Waals surface area contributed by atoms with E-state index in [9.17, 15) is 4.79 Å². The fourth-order valence-electron chi connectivity index (χ4n) is 1.65. The second-order valence-electron chi connectivity index (χ2n) is 3.85. The van der Waals surface area contributed by atoms with Crippen LogP contribution in [-0.4, -0.2) is 15.5 Å². The lowest BCUT2D eigenvalue weighted by Crippen LogP contribution is -2.09. The average molecular weight is 214 g/mol. The molecular weight excluding hydrogens is 200 g/mol. The topological polar surface area (TPSA) is 34.9 Å². The largest absolute Gasteiger partial charge is 0.276 e. The SMILES string of the molecule is Cc1cccc(CCC(=O)n2ccnc2)c1. The molecule has 3 heteroatoms. The lowest BCUT2D eigenvalue weighted by atomic mass is 10.1. The molecule has 0 saturated carbocycles. The van der Waals surface area contributed by atoms with E-state index in [0.717, 1.165) is 6.42 Å². The van der Waals surface area contributed by atoms with Gasteiger partial charge in [-0.25, -0.2) is 4.98 Å². The molecule has 0 bridgehead atoms. The maximum absolute atomic E-state index is 11.7. The van der Waals surface area contributed by atoms with Crippen molar-refractivity contribution in [2.75, 3.05) is 0 Å². The number of carbonyl (C=O) groups is 1. The molecule has 3 nitrogen and oxygen atoms in total. The lowest BCUT2D eigenvalue weighted by molar-refractivity contribution is 0.0903. The molecule has 1 heterocycles. The van der Waals surface area contributed by atoms with Crippen LogP contribution in [0, 0.1) is 6.92 Å². The predicted molar refractivity (Wildman–Crippen MR) is 62.4 cm³/mol. The standard InChI is InChI=1S/C13H14N2O/c1-11-3-2-4-12(9-11)5-6-13(16)15-8-7-14-10-15/h2-4,7-10H,5-6H2,1H3. The Labute approximate surface area is 94.7 Å². The first-order chi connectivity index (χ1) is 7.75. The molecule has 16 heavy (non-hydrogen) atoms. The number of aromatic nitrogens is 2. The maximum Gasteiger partial charge on any atom is 0.232 e. The van der Waals surface area contributed by atoms with E-state index in [1.165, 1.54) is 15.7 Å². The molecular formula is C13H14N2O. The van der Waals surface area contributed by atoms with Crippen molar-refractivity contribution in [1.29, 1.82) is 0 Å². The van der Waals surface area contributed by atoms with Crippen LogP contribution in [0.4, 0.5) is 0 Å². The summed E-state index contributed by atoms with van der Waals surface area (Å²) in [5, 5.41) is 0. The molecule has 2 rings (SSSR count). The molecule has 0 aliphatic heterocycles. The number of aryl methyl sites for hydroxylation is 2. The number of imidazole rings is 1. The third kappa shape index (κ3) is 2.57. The highest BCUT2D eigenvalue weighted by Gasteiger charge is 2.04. The average Bonchev–Trinajstić information content (AvgIpc) is 2.79. The van der Waals surface area contributed by atoms with Gasteiger partial charge in [0.2, 0.25) is 5.91 Å². The van der Waals surface area contributed by atoms with Crippen molar-refractivity contribution in [1.82, 2.24) is 9.55 Å². The summed E-state index contributed by atoms with van der Waals surface area (Å²) < 4.78 is 1.52. The highest BCUT2D eigenvalue weighted by Crippen LogP contribution is 2.07. The Bertz CT molecular complexity index is 474. The summed E-state index contributed by atoms with van der Waals surface area (Å²) in [6.07, 6.45) is 6.13. The van der Waals surface area contributed by atoms with Gasteiger partial charge in [-0.1, -0.05) is 29.8 Å². The molecule has 2 aromatic rings. The van der Waals surface area contributed by atoms with Crippen LogP contribution < -0.4 is 0 Å². The van der Waals surface area contributed by atoms with Crippen LogP contribution in [0.3, 0.4) is 0 Å². The van der Waals surface area contributed by atoms with E-state index in [0.29, 0.717) is 6.42 Å². The molecule has 0 aliphatic carbocycles. The van der Waals surface area contributed by atoms with Crippen molar-refractivity contribution >= 4 is 5.91 Å². The van der Waals surface area contributed by atoms with Gasteiger partial charge in [-0.05, 0) is 18.9 Å². The van der Waals surface area contributed by atoms with Gasteiger partial charge in [0.25, 0.3) is 0 Å². The minimum Gasteiger partial charge on any atom is -0.276 e. The van der Waals surface area contributed by atoms with Crippen molar-refractivity contribution in [3.05, 3.63) is 54.1 Å². The van der Waals surface area contributed by atoms with Crippen LogP contribution in [0.25, 0.3) is 0 Å². The second-order valence-corrected chi connectivity index (χ2v) is 3.85. The monoisotopic (exact) mass is 214 g/mol. The Morgan fingerprint density at radius 1 is 1.44 bits per heavy atom. The molecule has 82 valence electrons. The van der Waals surface area contributed by atoms with Crippen LogP contribution in [-0.2, 0) is 6.42 Å². The molecule has 0 amide bonds. The summed E-state index contributed by atoms with van der Waals surface area (Å²) in [7, 11) is 0. The number of carbonyl (C=O) groups excluding carboxylic acids is 1. The zero-order valence-corrected chi connectivity index (χ0v) is 9.26. The normalized spacial score (nSPS) is 10.3. The van der Waals surface area contributed by atoms with E-state index in [-0.39, 0.29) is 5.91 Å². The third-order valence-corrected chi connectivity index (χ3v) is 2.50. The third-order valence-electron chi connectivity index (χ3n) is 2.50. The Morgan fingerprint density at radius 2 is 2.31 bits per heavy atom. The molecule has 1 aromatic carbocycles. The van der Waals surface area contributed by atoms with E-state index < -0.39 is 0 Å². The summed E-state index contributed by atoms with van der Waals surface area (Å²) in [6.45, 7) is 2.06. The van der Waals surface area contributed by atoms with Crippen LogP contribution >= 0.6 is 0 Å². The van der Waals surface area contributed by atoms with Crippen molar-refractivity contribution < 1.29 is 4.79 Å². The summed E-state index contributed by atoms with van der Waals surface area (Å²) >= 11 is 0. The van der Waals surface area contributed by atoms with Gasteiger partial charge in [0.05, 0.1) is 0 Å². The Morgan fingerprint density at radius 3 is 3.00 bits per heavy atom. The van der Waals surface area contributed by atoms with Gasteiger partial charge >= 0.3 is 0 Å². The van der Waals surface area contributed by atoms with Crippen LogP contribution in [0.5, 0.6) is 0 Å². The first kappa shape index (κ1) is 10.6. The first-order valence-electron chi connectivity index (χ1n) is 5.32. The van der Waals surface area contributed by atoms with Gasteiger partial charge in [-0.15, -0.1) is 0 Å². The van der Waals surface area contributed by atoms with Gasteiger partial charge in [0, 0.05) is 18.8 Å². The molecule has 0 spiro atoms. The van der Waals surface area contributed by atoms with Crippen LogP contribution in [0.15, 0.2) is 43.0 Å². The zero-order chi connectivity index (χ0) is 11.4. The van der Waals surface area contributed by atoms with Crippen molar-refractivity contribution in [3.8, 4) is 0 Å². The predicted octanol–water partition coefficient (Wildman–Crippen LogP) is 2.46. The van der Waals surface area contributed by atoms with E-state index in [4.69, 9.17) is 0 Å². The summed E-state index contributed by atoms with van der Waals surface area (Å²) in [5.74, 6) is 0.0824. The summed E-state index contributed by atoms with van der Waals surface area (Å²) in [5.41, 5.74) is 2.43. The highest BCUT2D eigenvalue weighted by atomic mass is 16.2. The van der Waals surface area contributed by atoms with Crippen molar-refractivity contribution in [2.45, 2.75) is 19.8 Å². The van der Waals surface area contributed by atoms with Gasteiger partial charge in [-0.2, -0.15) is 0 Å². The van der Waals surface area contributed by atoms with E-state index in [2.05, 4.69) is 24.0 Å². The van der Waals surface area contributed by atoms with Gasteiger partial charge in [-0.3, -0.25) is 9.36 Å². The number of rotatable bonds is 3. The summed E-state index contributed by atoms with van der Waals surface area (Å²) in [4.78, 5) is 15.5. The van der Waals surface area contributed by atoms with Gasteiger partial charge < -0.3 is 0 Å². The molecule has 0 unspecified atom stereocenters. The lowest BCUT2D eigenvalue weighted by Gasteiger charge is -2.02. The van der Waals surface area contributed by atoms with Crippen LogP contribution in [0.1, 0.15) is 22.3 Å². The molecule has 0 atom stereocenters. The quantitative estimate of drug-likeness (QED) is 0.786. The van der Waals surface area contributed by atoms with Crippen molar-refractivity contribution in [2.24, 2.45) is 0 Å². The minimum atomic E-state index is 0.0824. The summed E-state index contributed by atoms with van der Waals surface area (Å²) in [6, 6.07) is 8.24. The van der Waals surface area contributed by atoms with Crippen molar-refractivity contribution in [3.63, 3.8) is 0 Å². The second kappa shape index (κ2) is 4.75. The van der Waals surface area contributed by atoms with E-state index in [1.807, 2.05) is 12.1 Å². The molecule has 0 radical (unpaired) electrons. The minimum absolute atomic E-state index is 0.0824. The fourth-order valence-corrected chi connectivity index (χ4v) is 1.65. The molecule has 1 aromatic heterocycles. The van der Waals surface area contributed by atoms with Gasteiger partial charge in [0.1, 0.15) is 6.33 Å². The maximum atomic E-state index is 11.7. The van der Waals surface area contributed by atoms with E-state index >= 15 is 0 Å².